The average Bonchev–Trinajstić information content (AvgIpc) is 3.14. The minimum absolute atomic E-state index is 0.0161. The van der Waals surface area contributed by atoms with Gasteiger partial charge in [0.2, 0.25) is 17.7 Å². The zero-order chi connectivity index (χ0) is 20.4. The van der Waals surface area contributed by atoms with Crippen LogP contribution in [0.1, 0.15) is 31.7 Å². The highest BCUT2D eigenvalue weighted by Crippen LogP contribution is 2.23. The molecule has 0 bridgehead atoms. The number of carbonyl (C=O) groups excluding carboxylic acids is 3. The molecule has 0 radical (unpaired) electrons. The van der Waals surface area contributed by atoms with Gasteiger partial charge in [0.25, 0.3) is 0 Å². The number of benzene rings is 2. The molecule has 4 rings (SSSR count). The van der Waals surface area contributed by atoms with Gasteiger partial charge in [0.15, 0.2) is 0 Å². The summed E-state index contributed by atoms with van der Waals surface area (Å²) < 4.78 is 0. The molecule has 3 amide bonds. The lowest BCUT2D eigenvalue weighted by molar-refractivity contribution is -0.155. The van der Waals surface area contributed by atoms with Gasteiger partial charge in [-0.3, -0.25) is 14.4 Å². The van der Waals surface area contributed by atoms with Gasteiger partial charge in [0.1, 0.15) is 6.04 Å². The molecule has 2 saturated heterocycles. The SMILES string of the molecule is C[C@H]1C(=O)N(CCCN2CCCC2=O)CC(=O)N1Cc1cccc2ccccc12. The van der Waals surface area contributed by atoms with Crippen molar-refractivity contribution < 1.29 is 14.4 Å². The highest BCUT2D eigenvalue weighted by molar-refractivity contribution is 5.95. The Morgan fingerprint density at radius 1 is 0.931 bits per heavy atom. The van der Waals surface area contributed by atoms with E-state index in [9.17, 15) is 14.4 Å². The number of amides is 3. The van der Waals surface area contributed by atoms with Gasteiger partial charge in [-0.05, 0) is 36.1 Å². The molecule has 2 fully saturated rings. The van der Waals surface area contributed by atoms with E-state index in [1.165, 1.54) is 0 Å². The first-order chi connectivity index (χ1) is 14.0. The monoisotopic (exact) mass is 393 g/mol. The van der Waals surface area contributed by atoms with Crippen LogP contribution in [0.4, 0.5) is 0 Å². The molecule has 0 N–H and O–H groups in total. The third-order valence-corrected chi connectivity index (χ3v) is 6.03. The summed E-state index contributed by atoms with van der Waals surface area (Å²) in [6.45, 7) is 4.33. The van der Waals surface area contributed by atoms with E-state index in [1.807, 2.05) is 36.1 Å². The second-order valence-electron chi connectivity index (χ2n) is 7.93. The van der Waals surface area contributed by atoms with E-state index in [-0.39, 0.29) is 24.3 Å². The van der Waals surface area contributed by atoms with Gasteiger partial charge in [-0.1, -0.05) is 42.5 Å². The summed E-state index contributed by atoms with van der Waals surface area (Å²) in [7, 11) is 0. The summed E-state index contributed by atoms with van der Waals surface area (Å²) >= 11 is 0. The van der Waals surface area contributed by atoms with Crippen LogP contribution in [-0.2, 0) is 20.9 Å². The molecule has 0 spiro atoms. The highest BCUT2D eigenvalue weighted by Gasteiger charge is 2.36. The fourth-order valence-electron chi connectivity index (χ4n) is 4.37. The lowest BCUT2D eigenvalue weighted by Crippen LogP contribution is -2.58. The Labute approximate surface area is 171 Å². The van der Waals surface area contributed by atoms with Crippen LogP contribution in [0.25, 0.3) is 10.8 Å². The molecule has 1 atom stereocenters. The number of nitrogens with zero attached hydrogens (tertiary/aromatic N) is 3. The number of piperazine rings is 1. The first-order valence-electron chi connectivity index (χ1n) is 10.4. The van der Waals surface area contributed by atoms with Crippen LogP contribution in [0.2, 0.25) is 0 Å². The Kier molecular flexibility index (Phi) is 5.51. The maximum Gasteiger partial charge on any atom is 0.245 e. The van der Waals surface area contributed by atoms with Crippen molar-refractivity contribution in [2.75, 3.05) is 26.2 Å². The fourth-order valence-corrected chi connectivity index (χ4v) is 4.37. The van der Waals surface area contributed by atoms with Crippen LogP contribution >= 0.6 is 0 Å². The molecule has 2 aliphatic rings. The van der Waals surface area contributed by atoms with Crippen LogP contribution < -0.4 is 0 Å². The standard InChI is InChI=1S/C23H27N3O3/c1-17-23(29)25(14-6-13-24-12-5-11-21(24)27)16-22(28)26(17)15-19-9-4-8-18-7-2-3-10-20(18)19/h2-4,7-10,17H,5-6,11-16H2,1H3/t17-/m0/s1. The van der Waals surface area contributed by atoms with E-state index < -0.39 is 6.04 Å². The van der Waals surface area contributed by atoms with E-state index in [4.69, 9.17) is 0 Å². The summed E-state index contributed by atoms with van der Waals surface area (Å²) in [5.74, 6) is 0.153. The van der Waals surface area contributed by atoms with E-state index in [1.54, 1.807) is 9.80 Å². The first kappa shape index (κ1) is 19.4. The molecule has 29 heavy (non-hydrogen) atoms. The number of rotatable bonds is 6. The zero-order valence-corrected chi connectivity index (χ0v) is 16.8. The predicted octanol–water partition coefficient (Wildman–Crippen LogP) is 2.41. The van der Waals surface area contributed by atoms with Crippen LogP contribution in [0.5, 0.6) is 0 Å². The summed E-state index contributed by atoms with van der Waals surface area (Å²) in [6, 6.07) is 13.7. The average molecular weight is 393 g/mol. The number of carbonyl (C=O) groups is 3. The zero-order valence-electron chi connectivity index (χ0n) is 16.8. The third kappa shape index (κ3) is 3.97. The van der Waals surface area contributed by atoms with Crippen LogP contribution in [0.15, 0.2) is 42.5 Å². The predicted molar refractivity (Wildman–Crippen MR) is 111 cm³/mol. The van der Waals surface area contributed by atoms with Gasteiger partial charge in [-0.25, -0.2) is 0 Å². The van der Waals surface area contributed by atoms with Crippen molar-refractivity contribution in [2.45, 2.75) is 38.8 Å². The minimum Gasteiger partial charge on any atom is -0.343 e. The van der Waals surface area contributed by atoms with Crippen molar-refractivity contribution >= 4 is 28.5 Å². The van der Waals surface area contributed by atoms with E-state index in [0.717, 1.165) is 29.3 Å². The Morgan fingerprint density at radius 3 is 2.48 bits per heavy atom. The maximum atomic E-state index is 12.9. The molecule has 0 saturated carbocycles. The molecular formula is C23H27N3O3. The van der Waals surface area contributed by atoms with Crippen LogP contribution in [0.3, 0.4) is 0 Å². The molecule has 2 heterocycles. The number of hydrogen-bond acceptors (Lipinski definition) is 3. The topological polar surface area (TPSA) is 60.9 Å². The summed E-state index contributed by atoms with van der Waals surface area (Å²) in [6.07, 6.45) is 2.25. The van der Waals surface area contributed by atoms with Gasteiger partial charge in [-0.2, -0.15) is 0 Å². The molecule has 2 aliphatic heterocycles. The van der Waals surface area contributed by atoms with Gasteiger partial charge in [0, 0.05) is 32.6 Å². The maximum absolute atomic E-state index is 12.9. The van der Waals surface area contributed by atoms with Crippen LogP contribution in [-0.4, -0.2) is 64.6 Å². The Hall–Kier alpha value is -2.89. The smallest absolute Gasteiger partial charge is 0.245 e. The molecule has 0 aliphatic carbocycles. The number of fused-ring (bicyclic) bond motifs is 1. The van der Waals surface area contributed by atoms with Gasteiger partial charge in [0.05, 0.1) is 6.54 Å². The van der Waals surface area contributed by atoms with Crippen molar-refractivity contribution in [3.05, 3.63) is 48.0 Å². The normalized spacial score (nSPS) is 20.2. The summed E-state index contributed by atoms with van der Waals surface area (Å²) in [5, 5.41) is 2.24. The molecule has 2 aromatic rings. The summed E-state index contributed by atoms with van der Waals surface area (Å²) in [4.78, 5) is 42.6. The Balaban J connectivity index is 1.40. The molecule has 0 unspecified atom stereocenters. The van der Waals surface area contributed by atoms with Crippen LogP contribution in [0, 0.1) is 0 Å². The Bertz CT molecular complexity index is 937. The van der Waals surface area contributed by atoms with Crippen molar-refractivity contribution in [3.8, 4) is 0 Å². The fraction of sp³-hybridized carbons (Fsp3) is 0.435. The molecule has 152 valence electrons. The van der Waals surface area contributed by atoms with Crippen molar-refractivity contribution in [2.24, 2.45) is 0 Å². The van der Waals surface area contributed by atoms with E-state index >= 15 is 0 Å². The Morgan fingerprint density at radius 2 is 1.69 bits per heavy atom. The quantitative estimate of drug-likeness (QED) is 0.757. The van der Waals surface area contributed by atoms with E-state index in [2.05, 4.69) is 18.2 Å². The summed E-state index contributed by atoms with van der Waals surface area (Å²) in [5.41, 5.74) is 1.05. The van der Waals surface area contributed by atoms with Gasteiger partial charge < -0.3 is 14.7 Å². The number of hydrogen-bond donors (Lipinski definition) is 0. The molecule has 2 aromatic carbocycles. The lowest BCUT2D eigenvalue weighted by Gasteiger charge is -2.39. The molecular weight excluding hydrogens is 366 g/mol. The third-order valence-electron chi connectivity index (χ3n) is 6.03. The highest BCUT2D eigenvalue weighted by atomic mass is 16.2. The first-order valence-corrected chi connectivity index (χ1v) is 10.4. The van der Waals surface area contributed by atoms with Crippen molar-refractivity contribution in [1.82, 2.24) is 14.7 Å². The molecule has 6 heteroatoms. The lowest BCUT2D eigenvalue weighted by atomic mass is 10.0. The second kappa shape index (κ2) is 8.23. The molecule has 0 aromatic heterocycles. The van der Waals surface area contributed by atoms with Gasteiger partial charge >= 0.3 is 0 Å². The van der Waals surface area contributed by atoms with Crippen molar-refractivity contribution in [3.63, 3.8) is 0 Å². The van der Waals surface area contributed by atoms with Crippen molar-refractivity contribution in [1.29, 1.82) is 0 Å². The minimum atomic E-state index is -0.483. The largest absolute Gasteiger partial charge is 0.343 e. The van der Waals surface area contributed by atoms with Gasteiger partial charge in [-0.15, -0.1) is 0 Å². The number of likely N-dealkylation sites (tertiary alicyclic amines) is 1. The second-order valence-corrected chi connectivity index (χ2v) is 7.93. The molecule has 6 nitrogen and oxygen atoms in total. The van der Waals surface area contributed by atoms with E-state index in [0.29, 0.717) is 32.5 Å².